The lowest BCUT2D eigenvalue weighted by Gasteiger charge is -2.29. The van der Waals surface area contributed by atoms with Crippen LogP contribution in [0, 0.1) is 0 Å². The molecule has 0 saturated carbocycles. The van der Waals surface area contributed by atoms with Crippen molar-refractivity contribution in [3.63, 3.8) is 0 Å². The number of nitrogens with zero attached hydrogens (tertiary/aromatic N) is 2. The number of nitrogens with two attached hydrogens (primary N) is 1. The fraction of sp³-hybridized carbons (Fsp3) is 0.429. The predicted octanol–water partition coefficient (Wildman–Crippen LogP) is 2.01. The molecular weight excluding hydrogens is 258 g/mol. The summed E-state index contributed by atoms with van der Waals surface area (Å²) in [6.45, 7) is 4.98. The van der Waals surface area contributed by atoms with Gasteiger partial charge >= 0.3 is 12.0 Å². The lowest BCUT2D eigenvalue weighted by Crippen LogP contribution is -2.44. The van der Waals surface area contributed by atoms with Crippen molar-refractivity contribution in [2.75, 3.05) is 30.3 Å². The molecule has 0 heterocycles. The second-order valence-corrected chi connectivity index (χ2v) is 4.31. The molecule has 1 aromatic carbocycles. The van der Waals surface area contributed by atoms with Gasteiger partial charge in [0.1, 0.15) is 0 Å². The number of anilines is 2. The van der Waals surface area contributed by atoms with Crippen molar-refractivity contribution in [3.05, 3.63) is 24.3 Å². The van der Waals surface area contributed by atoms with Crippen LogP contribution in [0.4, 0.5) is 16.2 Å². The third-order valence-electron chi connectivity index (χ3n) is 3.04. The Morgan fingerprint density at radius 2 is 1.80 bits per heavy atom. The molecule has 0 spiro atoms. The average Bonchev–Trinajstić information content (AvgIpc) is 2.42. The quantitative estimate of drug-likeness (QED) is 0.780. The maximum absolute atomic E-state index is 12.5. The highest BCUT2D eigenvalue weighted by Gasteiger charge is 2.22. The summed E-state index contributed by atoms with van der Waals surface area (Å²) in [6.07, 6.45) is -0.124. The summed E-state index contributed by atoms with van der Waals surface area (Å²) in [5, 5.41) is 8.83. The molecule has 0 fully saturated rings. The zero-order chi connectivity index (χ0) is 15.1. The van der Waals surface area contributed by atoms with Gasteiger partial charge in [0, 0.05) is 19.6 Å². The minimum atomic E-state index is -0.947. The van der Waals surface area contributed by atoms with E-state index in [0.29, 0.717) is 24.5 Å². The topological polar surface area (TPSA) is 86.9 Å². The zero-order valence-electron chi connectivity index (χ0n) is 11.9. The Morgan fingerprint density at radius 3 is 2.30 bits per heavy atom. The van der Waals surface area contributed by atoms with Crippen molar-refractivity contribution in [2.24, 2.45) is 0 Å². The molecule has 0 aliphatic heterocycles. The molecule has 0 aromatic heterocycles. The number of benzene rings is 1. The van der Waals surface area contributed by atoms with E-state index in [1.807, 2.05) is 13.8 Å². The van der Waals surface area contributed by atoms with E-state index in [0.717, 1.165) is 0 Å². The van der Waals surface area contributed by atoms with Gasteiger partial charge < -0.3 is 15.7 Å². The molecule has 0 aliphatic carbocycles. The first-order valence-corrected chi connectivity index (χ1v) is 6.64. The Morgan fingerprint density at radius 1 is 1.20 bits per heavy atom. The molecule has 6 nitrogen and oxygen atoms in total. The summed E-state index contributed by atoms with van der Waals surface area (Å²) >= 11 is 0. The first-order chi connectivity index (χ1) is 9.51. The Balaban J connectivity index is 3.05. The smallest absolute Gasteiger partial charge is 0.324 e. The summed E-state index contributed by atoms with van der Waals surface area (Å²) in [5.74, 6) is -0.947. The molecular formula is C14H21N3O3. The summed E-state index contributed by atoms with van der Waals surface area (Å²) in [6, 6.07) is 6.73. The van der Waals surface area contributed by atoms with Gasteiger partial charge in [-0.15, -0.1) is 0 Å². The largest absolute Gasteiger partial charge is 0.481 e. The summed E-state index contributed by atoms with van der Waals surface area (Å²) in [4.78, 5) is 26.3. The monoisotopic (exact) mass is 279 g/mol. The van der Waals surface area contributed by atoms with Crippen LogP contribution in [0.1, 0.15) is 20.3 Å². The molecule has 1 rings (SSSR count). The van der Waals surface area contributed by atoms with Crippen molar-refractivity contribution in [1.82, 2.24) is 4.90 Å². The van der Waals surface area contributed by atoms with Gasteiger partial charge in [0.2, 0.25) is 0 Å². The molecule has 0 unspecified atom stereocenters. The molecule has 0 radical (unpaired) electrons. The van der Waals surface area contributed by atoms with Crippen LogP contribution in [0.3, 0.4) is 0 Å². The van der Waals surface area contributed by atoms with Crippen LogP contribution in [0.25, 0.3) is 0 Å². The highest BCUT2D eigenvalue weighted by Crippen LogP contribution is 2.24. The molecule has 20 heavy (non-hydrogen) atoms. The fourth-order valence-corrected chi connectivity index (χ4v) is 1.92. The number of hydrogen-bond acceptors (Lipinski definition) is 3. The van der Waals surface area contributed by atoms with Crippen LogP contribution in [0.15, 0.2) is 24.3 Å². The average molecular weight is 279 g/mol. The lowest BCUT2D eigenvalue weighted by atomic mass is 10.2. The third-order valence-corrected chi connectivity index (χ3v) is 3.04. The Bertz CT molecular complexity index is 472. The minimum absolute atomic E-state index is 0.0961. The van der Waals surface area contributed by atoms with Gasteiger partial charge in [0.05, 0.1) is 17.8 Å². The number of carbonyl (C=O) groups excluding carboxylic acids is 1. The van der Waals surface area contributed by atoms with Crippen LogP contribution < -0.4 is 10.6 Å². The van der Waals surface area contributed by atoms with Gasteiger partial charge in [-0.2, -0.15) is 0 Å². The Labute approximate surface area is 118 Å². The fourth-order valence-electron chi connectivity index (χ4n) is 1.92. The normalized spacial score (nSPS) is 10.1. The maximum atomic E-state index is 12.5. The molecule has 0 saturated heterocycles. The first kappa shape index (κ1) is 15.8. The number of para-hydroxylation sites is 2. The van der Waals surface area contributed by atoms with E-state index in [-0.39, 0.29) is 19.0 Å². The van der Waals surface area contributed by atoms with Crippen LogP contribution in [-0.4, -0.2) is 41.6 Å². The second kappa shape index (κ2) is 7.37. The lowest BCUT2D eigenvalue weighted by molar-refractivity contribution is -0.136. The second-order valence-electron chi connectivity index (χ2n) is 4.31. The SMILES string of the molecule is CCN(CC)C(=O)N(CCC(=O)O)c1ccccc1N. The highest BCUT2D eigenvalue weighted by molar-refractivity contribution is 5.95. The van der Waals surface area contributed by atoms with E-state index in [2.05, 4.69) is 0 Å². The molecule has 2 amide bonds. The van der Waals surface area contributed by atoms with Crippen LogP contribution in [0.5, 0.6) is 0 Å². The minimum Gasteiger partial charge on any atom is -0.481 e. The molecule has 0 atom stereocenters. The molecule has 0 bridgehead atoms. The Hall–Kier alpha value is -2.24. The van der Waals surface area contributed by atoms with Gasteiger partial charge in [0.25, 0.3) is 0 Å². The summed E-state index contributed by atoms with van der Waals surface area (Å²) < 4.78 is 0. The summed E-state index contributed by atoms with van der Waals surface area (Å²) in [7, 11) is 0. The van der Waals surface area contributed by atoms with Crippen molar-refractivity contribution in [1.29, 1.82) is 0 Å². The number of carboxylic acids is 1. The van der Waals surface area contributed by atoms with Crippen molar-refractivity contribution >= 4 is 23.4 Å². The van der Waals surface area contributed by atoms with E-state index in [9.17, 15) is 9.59 Å². The van der Waals surface area contributed by atoms with E-state index in [1.54, 1.807) is 29.2 Å². The van der Waals surface area contributed by atoms with Crippen molar-refractivity contribution < 1.29 is 14.7 Å². The van der Waals surface area contributed by atoms with Crippen LogP contribution in [-0.2, 0) is 4.79 Å². The van der Waals surface area contributed by atoms with E-state index in [1.165, 1.54) is 4.90 Å². The maximum Gasteiger partial charge on any atom is 0.324 e. The molecule has 6 heteroatoms. The van der Waals surface area contributed by atoms with Crippen molar-refractivity contribution in [3.8, 4) is 0 Å². The number of hydrogen-bond donors (Lipinski definition) is 2. The third kappa shape index (κ3) is 3.88. The van der Waals surface area contributed by atoms with Crippen LogP contribution in [0.2, 0.25) is 0 Å². The van der Waals surface area contributed by atoms with Gasteiger partial charge in [-0.25, -0.2) is 4.79 Å². The number of carboxylic acid groups (broad SMARTS) is 1. The number of amides is 2. The first-order valence-electron chi connectivity index (χ1n) is 6.64. The standard InChI is InChI=1S/C14H21N3O3/c1-3-16(4-2)14(20)17(10-9-13(18)19)12-8-6-5-7-11(12)15/h5-8H,3-4,9-10,15H2,1-2H3,(H,18,19). The molecule has 110 valence electrons. The van der Waals surface area contributed by atoms with E-state index < -0.39 is 5.97 Å². The highest BCUT2D eigenvalue weighted by atomic mass is 16.4. The van der Waals surface area contributed by atoms with Crippen LogP contribution >= 0.6 is 0 Å². The van der Waals surface area contributed by atoms with Crippen molar-refractivity contribution in [2.45, 2.75) is 20.3 Å². The van der Waals surface area contributed by atoms with Gasteiger partial charge in [0.15, 0.2) is 0 Å². The van der Waals surface area contributed by atoms with E-state index in [4.69, 9.17) is 10.8 Å². The number of nitrogen functional groups attached to an aromatic ring is 1. The summed E-state index contributed by atoms with van der Waals surface area (Å²) in [5.41, 5.74) is 6.89. The number of aliphatic carboxylic acids is 1. The number of rotatable bonds is 6. The zero-order valence-corrected chi connectivity index (χ0v) is 11.9. The van der Waals surface area contributed by atoms with Gasteiger partial charge in [-0.05, 0) is 26.0 Å². The molecule has 0 aliphatic rings. The number of urea groups is 1. The van der Waals surface area contributed by atoms with E-state index >= 15 is 0 Å². The van der Waals surface area contributed by atoms with Gasteiger partial charge in [-0.3, -0.25) is 9.69 Å². The molecule has 1 aromatic rings. The Kier molecular flexibility index (Phi) is 5.83. The molecule has 3 N–H and O–H groups in total. The number of carbonyl (C=O) groups is 2. The predicted molar refractivity (Wildman–Crippen MR) is 78.8 cm³/mol. The van der Waals surface area contributed by atoms with Gasteiger partial charge in [-0.1, -0.05) is 12.1 Å².